The summed E-state index contributed by atoms with van der Waals surface area (Å²) in [6.45, 7) is 9.25. The number of benzene rings is 2. The van der Waals surface area contributed by atoms with Crippen LogP contribution in [0.4, 0.5) is 59.1 Å². The van der Waals surface area contributed by atoms with Crippen LogP contribution in [0, 0.1) is 0 Å². The van der Waals surface area contributed by atoms with Gasteiger partial charge in [0.15, 0.2) is 0 Å². The van der Waals surface area contributed by atoms with Crippen LogP contribution in [0.25, 0.3) is 0 Å². The van der Waals surface area contributed by atoms with Crippen LogP contribution in [-0.2, 0) is 28.0 Å². The number of nitrogens with zero attached hydrogens (tertiary/aromatic N) is 6. The molecule has 2 aliphatic rings. The third-order valence-electron chi connectivity index (χ3n) is 9.12. The third kappa shape index (κ3) is 7.52. The van der Waals surface area contributed by atoms with Crippen LogP contribution in [0.15, 0.2) is 63.6 Å². The van der Waals surface area contributed by atoms with Gasteiger partial charge in [0.1, 0.15) is 0 Å². The number of anilines is 4. The highest BCUT2D eigenvalue weighted by atomic mass is 19.4. The van der Waals surface area contributed by atoms with Gasteiger partial charge in [0, 0.05) is 42.5 Å². The van der Waals surface area contributed by atoms with E-state index in [9.17, 15) is 40.7 Å². The molecule has 19 heteroatoms. The molecular weight excluding hydrogens is 726 g/mol. The average Bonchev–Trinajstić information content (AvgIpc) is 3.91. The largest absolute Gasteiger partial charge is 0.416 e. The van der Waals surface area contributed by atoms with Crippen LogP contribution in [0.5, 0.6) is 0 Å². The van der Waals surface area contributed by atoms with E-state index in [0.717, 1.165) is 40.3 Å². The molecule has 2 aliphatic heterocycles. The molecule has 0 radical (unpaired) electrons. The number of nitrogens with one attached hydrogen (secondary N) is 2. The van der Waals surface area contributed by atoms with Crippen LogP contribution >= 0.6 is 0 Å². The number of hydrogen-bond donors (Lipinski definition) is 2. The molecule has 288 valence electrons. The highest BCUT2D eigenvalue weighted by molar-refractivity contribution is 6.01. The molecule has 0 spiro atoms. The second-order valence-corrected chi connectivity index (χ2v) is 14.3. The average molecular weight is 763 g/mol. The van der Waals surface area contributed by atoms with E-state index in [1.165, 1.54) is 37.1 Å². The Labute approximate surface area is 304 Å². The molecule has 2 fully saturated rings. The molecule has 4 aromatic rings. The van der Waals surface area contributed by atoms with Gasteiger partial charge >= 0.3 is 24.4 Å². The van der Waals surface area contributed by atoms with Crippen LogP contribution in [0.2, 0.25) is 0 Å². The van der Waals surface area contributed by atoms with Crippen molar-refractivity contribution in [3.05, 3.63) is 82.7 Å². The Morgan fingerprint density at radius 2 is 1.26 bits per heavy atom. The molecular formula is C35H36F6N8O5. The minimum atomic E-state index is -4.78. The quantitative estimate of drug-likeness (QED) is 0.188. The van der Waals surface area contributed by atoms with Gasteiger partial charge in [-0.1, -0.05) is 44.9 Å². The number of amides is 5. The molecule has 6 rings (SSSR count). The van der Waals surface area contributed by atoms with Crippen molar-refractivity contribution < 1.29 is 49.8 Å². The SMILES string of the molecule is CC(C)(C)c1cc(NC(=O)N2CCCN2c2ccc(C(F)(F)F)c(C(C)(C)c3cc(NC(=O)N4CCC(=O)N4c4ccc(C(F)(F)F)cc4)on3)c2)on1. The van der Waals surface area contributed by atoms with Gasteiger partial charge in [-0.2, -0.15) is 26.3 Å². The Kier molecular flexibility index (Phi) is 9.56. The number of carbonyl (C=O) groups excluding carboxylic acids is 3. The molecule has 0 atom stereocenters. The lowest BCUT2D eigenvalue weighted by Crippen LogP contribution is -2.45. The van der Waals surface area contributed by atoms with Crippen molar-refractivity contribution in [2.75, 3.05) is 40.3 Å². The Morgan fingerprint density at radius 3 is 1.83 bits per heavy atom. The summed E-state index contributed by atoms with van der Waals surface area (Å²) in [4.78, 5) is 39.2. The first-order chi connectivity index (χ1) is 25.1. The molecule has 54 heavy (non-hydrogen) atoms. The number of hydrogen-bond acceptors (Lipinski definition) is 8. The fourth-order valence-electron chi connectivity index (χ4n) is 6.15. The summed E-state index contributed by atoms with van der Waals surface area (Å²) in [5.41, 5.74) is -2.98. The Morgan fingerprint density at radius 1 is 0.685 bits per heavy atom. The second kappa shape index (κ2) is 13.6. The third-order valence-corrected chi connectivity index (χ3v) is 9.12. The monoisotopic (exact) mass is 762 g/mol. The number of carbonyl (C=O) groups is 3. The number of urea groups is 2. The Bertz CT molecular complexity index is 2050. The van der Waals surface area contributed by atoms with E-state index in [0.29, 0.717) is 24.3 Å². The highest BCUT2D eigenvalue weighted by Gasteiger charge is 2.42. The normalized spacial score (nSPS) is 15.7. The summed E-state index contributed by atoms with van der Waals surface area (Å²) in [7, 11) is 0. The zero-order valence-electron chi connectivity index (χ0n) is 29.7. The summed E-state index contributed by atoms with van der Waals surface area (Å²) < 4.78 is 93.2. The van der Waals surface area contributed by atoms with E-state index < -0.39 is 46.9 Å². The van der Waals surface area contributed by atoms with Crippen molar-refractivity contribution >= 4 is 41.1 Å². The van der Waals surface area contributed by atoms with E-state index in [1.807, 2.05) is 20.8 Å². The van der Waals surface area contributed by atoms with Crippen molar-refractivity contribution in [1.29, 1.82) is 0 Å². The van der Waals surface area contributed by atoms with Gasteiger partial charge in [-0.3, -0.25) is 20.4 Å². The topological polar surface area (TPSA) is 140 Å². The molecule has 2 aromatic heterocycles. The summed E-state index contributed by atoms with van der Waals surface area (Å²) in [5, 5.41) is 17.8. The minimum absolute atomic E-state index is 0.00790. The van der Waals surface area contributed by atoms with Crippen molar-refractivity contribution in [1.82, 2.24) is 20.3 Å². The summed E-state index contributed by atoms with van der Waals surface area (Å²) >= 11 is 0. The van der Waals surface area contributed by atoms with Crippen molar-refractivity contribution in [3.63, 3.8) is 0 Å². The van der Waals surface area contributed by atoms with Gasteiger partial charge in [-0.25, -0.2) is 24.6 Å². The molecule has 4 heterocycles. The van der Waals surface area contributed by atoms with Crippen molar-refractivity contribution in [2.24, 2.45) is 0 Å². The molecule has 5 amide bonds. The minimum Gasteiger partial charge on any atom is -0.338 e. The van der Waals surface area contributed by atoms with Gasteiger partial charge in [0.25, 0.3) is 0 Å². The van der Waals surface area contributed by atoms with Crippen molar-refractivity contribution in [2.45, 2.75) is 70.6 Å². The zero-order chi connectivity index (χ0) is 39.4. The van der Waals surface area contributed by atoms with E-state index >= 15 is 0 Å². The lowest BCUT2D eigenvalue weighted by molar-refractivity contribution is -0.139. The predicted molar refractivity (Wildman–Crippen MR) is 182 cm³/mol. The molecule has 0 saturated carbocycles. The summed E-state index contributed by atoms with van der Waals surface area (Å²) in [6, 6.07) is 8.57. The molecule has 2 N–H and O–H groups in total. The predicted octanol–water partition coefficient (Wildman–Crippen LogP) is 8.17. The number of halogens is 6. The number of rotatable bonds is 6. The van der Waals surface area contributed by atoms with E-state index in [-0.39, 0.29) is 53.6 Å². The zero-order valence-corrected chi connectivity index (χ0v) is 29.7. The van der Waals surface area contributed by atoms with Gasteiger partial charge < -0.3 is 9.05 Å². The lowest BCUT2D eigenvalue weighted by Gasteiger charge is -2.32. The van der Waals surface area contributed by atoms with E-state index in [4.69, 9.17) is 9.05 Å². The van der Waals surface area contributed by atoms with Gasteiger partial charge in [-0.05, 0) is 54.4 Å². The molecule has 2 aromatic carbocycles. The molecule has 0 bridgehead atoms. The highest BCUT2D eigenvalue weighted by Crippen LogP contribution is 2.43. The maximum absolute atomic E-state index is 14.5. The van der Waals surface area contributed by atoms with Gasteiger partial charge in [0.2, 0.25) is 17.7 Å². The van der Waals surface area contributed by atoms with Crippen LogP contribution in [-0.4, -0.2) is 57.9 Å². The molecule has 0 unspecified atom stereocenters. The smallest absolute Gasteiger partial charge is 0.338 e. The van der Waals surface area contributed by atoms with Crippen LogP contribution < -0.4 is 20.7 Å². The first-order valence-electron chi connectivity index (χ1n) is 16.8. The standard InChI is InChI=1S/C35H36F6N8O5/c1-32(2,3)25-18-27(53-44-25)42-30(51)47-15-6-14-46(47)22-11-12-23(35(39,40)41)24(17-22)33(4,5)26-19-28(54-45-26)43-31(52)48-16-13-29(50)49(48)21-9-7-20(8-10-21)34(36,37)38/h7-12,17-19H,6,13-16H2,1-5H3,(H,42,51)(H,43,52). The fourth-order valence-corrected chi connectivity index (χ4v) is 6.15. The number of hydrazine groups is 2. The van der Waals surface area contributed by atoms with Crippen LogP contribution in [0.3, 0.4) is 0 Å². The van der Waals surface area contributed by atoms with E-state index in [1.54, 1.807) is 11.1 Å². The Balaban J connectivity index is 1.22. The first-order valence-corrected chi connectivity index (χ1v) is 16.8. The maximum atomic E-state index is 14.5. The van der Waals surface area contributed by atoms with Crippen LogP contribution in [0.1, 0.15) is 75.5 Å². The van der Waals surface area contributed by atoms with Gasteiger partial charge in [0.05, 0.1) is 40.4 Å². The summed E-state index contributed by atoms with van der Waals surface area (Å²) in [5.74, 6) is -0.696. The molecule has 2 saturated heterocycles. The Hall–Kier alpha value is -5.75. The lowest BCUT2D eigenvalue weighted by atomic mass is 9.78. The molecule has 13 nitrogen and oxygen atoms in total. The van der Waals surface area contributed by atoms with E-state index in [2.05, 4.69) is 20.9 Å². The molecule has 0 aliphatic carbocycles. The van der Waals surface area contributed by atoms with Crippen molar-refractivity contribution in [3.8, 4) is 0 Å². The second-order valence-electron chi connectivity index (χ2n) is 14.3. The number of alkyl halides is 6. The maximum Gasteiger partial charge on any atom is 0.416 e. The van der Waals surface area contributed by atoms with Gasteiger partial charge in [-0.15, -0.1) is 0 Å². The first kappa shape index (κ1) is 38.0. The fraction of sp³-hybridized carbons (Fsp3) is 0.400. The number of aromatic nitrogens is 2. The summed E-state index contributed by atoms with van der Waals surface area (Å²) in [6.07, 6.45) is -8.98.